The van der Waals surface area contributed by atoms with E-state index in [1.807, 2.05) is 17.0 Å². The van der Waals surface area contributed by atoms with Crippen LogP contribution in [0, 0.1) is 5.82 Å². The summed E-state index contributed by atoms with van der Waals surface area (Å²) in [7, 11) is 1.65. The predicted octanol–water partition coefficient (Wildman–Crippen LogP) is 2.50. The van der Waals surface area contributed by atoms with Gasteiger partial charge in [0.15, 0.2) is 0 Å². The molecule has 0 radical (unpaired) electrons. The molecule has 1 aromatic carbocycles. The number of morpholine rings is 1. The summed E-state index contributed by atoms with van der Waals surface area (Å²) in [5.41, 5.74) is 0.984. The predicted molar refractivity (Wildman–Crippen MR) is 112 cm³/mol. The number of rotatable bonds is 7. The molecule has 2 fully saturated rings. The Kier molecular flexibility index (Phi) is 6.99. The van der Waals surface area contributed by atoms with Crippen LogP contribution in [-0.4, -0.2) is 72.8 Å². The van der Waals surface area contributed by atoms with Crippen LogP contribution in [0.3, 0.4) is 0 Å². The van der Waals surface area contributed by atoms with Crippen molar-refractivity contribution in [3.05, 3.63) is 54.1 Å². The highest BCUT2D eigenvalue weighted by atomic mass is 19.1. The van der Waals surface area contributed by atoms with Gasteiger partial charge in [0.2, 0.25) is 5.91 Å². The van der Waals surface area contributed by atoms with Gasteiger partial charge in [-0.25, -0.2) is 4.39 Å². The Balaban J connectivity index is 1.26. The van der Waals surface area contributed by atoms with Crippen LogP contribution < -0.4 is 9.47 Å². The van der Waals surface area contributed by atoms with Crippen molar-refractivity contribution in [3.63, 3.8) is 0 Å². The van der Waals surface area contributed by atoms with E-state index >= 15 is 0 Å². The van der Waals surface area contributed by atoms with Gasteiger partial charge in [-0.3, -0.25) is 14.7 Å². The fourth-order valence-corrected chi connectivity index (χ4v) is 4.11. The average molecular weight is 429 g/mol. The molecule has 0 saturated carbocycles. The van der Waals surface area contributed by atoms with Gasteiger partial charge in [-0.2, -0.15) is 0 Å². The van der Waals surface area contributed by atoms with Crippen molar-refractivity contribution in [1.29, 1.82) is 0 Å². The molecule has 0 spiro atoms. The lowest BCUT2D eigenvalue weighted by Gasteiger charge is -2.42. The quantitative estimate of drug-likeness (QED) is 0.674. The molecule has 1 unspecified atom stereocenters. The summed E-state index contributed by atoms with van der Waals surface area (Å²) in [4.78, 5) is 21.2. The number of halogens is 1. The molecule has 1 aromatic heterocycles. The maximum Gasteiger partial charge on any atom is 0.248 e. The van der Waals surface area contributed by atoms with E-state index < -0.39 is 0 Å². The number of hydrogen-bond donors (Lipinski definition) is 0. The molecule has 1 amide bonds. The number of amides is 1. The summed E-state index contributed by atoms with van der Waals surface area (Å²) >= 11 is 0. The number of nitrogens with zero attached hydrogens (tertiary/aromatic N) is 3. The van der Waals surface area contributed by atoms with Gasteiger partial charge in [-0.1, -0.05) is 0 Å². The zero-order valence-corrected chi connectivity index (χ0v) is 17.7. The number of pyridine rings is 1. The third-order valence-corrected chi connectivity index (χ3v) is 5.82. The molecular formula is C23H28FN3O4. The second kappa shape index (κ2) is 10.1. The second-order valence-electron chi connectivity index (χ2n) is 7.94. The van der Waals surface area contributed by atoms with Crippen molar-refractivity contribution in [3.8, 4) is 11.5 Å². The van der Waals surface area contributed by atoms with E-state index in [-0.39, 0.29) is 30.5 Å². The van der Waals surface area contributed by atoms with Crippen molar-refractivity contribution in [2.75, 3.05) is 40.0 Å². The molecule has 31 heavy (non-hydrogen) atoms. The molecule has 0 bridgehead atoms. The largest absolute Gasteiger partial charge is 0.497 e. The number of aromatic nitrogens is 1. The maximum atomic E-state index is 13.0. The molecule has 0 aliphatic carbocycles. The number of carbonyl (C=O) groups is 1. The van der Waals surface area contributed by atoms with Gasteiger partial charge < -0.3 is 19.1 Å². The van der Waals surface area contributed by atoms with E-state index in [9.17, 15) is 9.18 Å². The summed E-state index contributed by atoms with van der Waals surface area (Å²) in [5.74, 6) is 1.14. The van der Waals surface area contributed by atoms with Gasteiger partial charge in [-0.05, 0) is 43.2 Å². The van der Waals surface area contributed by atoms with Gasteiger partial charge in [0.25, 0.3) is 0 Å². The van der Waals surface area contributed by atoms with Crippen molar-refractivity contribution < 1.29 is 23.4 Å². The fourth-order valence-electron chi connectivity index (χ4n) is 4.11. The smallest absolute Gasteiger partial charge is 0.248 e. The highest BCUT2D eigenvalue weighted by molar-refractivity contribution is 5.78. The molecular weight excluding hydrogens is 401 g/mol. The minimum absolute atomic E-state index is 0.0333. The standard InChI is InChI=1S/C23H28FN3O4/c1-29-21-6-9-25-18(12-21)13-26-10-7-19(8-11-26)27-14-22(31-16-23(27)28)15-30-20-4-2-17(24)3-5-20/h2-6,9,12,19,22H,7-8,10-11,13-16H2,1H3. The Labute approximate surface area is 181 Å². The topological polar surface area (TPSA) is 64.1 Å². The Bertz CT molecular complexity index is 871. The normalized spacial score (nSPS) is 20.6. The third-order valence-electron chi connectivity index (χ3n) is 5.82. The highest BCUT2D eigenvalue weighted by Gasteiger charge is 2.33. The zero-order chi connectivity index (χ0) is 21.6. The van der Waals surface area contributed by atoms with E-state index in [1.54, 1.807) is 25.4 Å². The van der Waals surface area contributed by atoms with Crippen molar-refractivity contribution >= 4 is 5.91 Å². The lowest BCUT2D eigenvalue weighted by atomic mass is 10.0. The summed E-state index contributed by atoms with van der Waals surface area (Å²) < 4.78 is 29.7. The lowest BCUT2D eigenvalue weighted by molar-refractivity contribution is -0.155. The molecule has 2 aromatic rings. The molecule has 0 N–H and O–H groups in total. The SMILES string of the molecule is COc1ccnc(CN2CCC(N3CC(COc4ccc(F)cc4)OCC3=O)CC2)c1. The van der Waals surface area contributed by atoms with Crippen LogP contribution in [0.1, 0.15) is 18.5 Å². The number of carbonyl (C=O) groups excluding carboxylic acids is 1. The van der Waals surface area contributed by atoms with Gasteiger partial charge >= 0.3 is 0 Å². The monoisotopic (exact) mass is 429 g/mol. The second-order valence-corrected chi connectivity index (χ2v) is 7.94. The molecule has 3 heterocycles. The van der Waals surface area contributed by atoms with E-state index in [4.69, 9.17) is 14.2 Å². The molecule has 7 nitrogen and oxygen atoms in total. The summed E-state index contributed by atoms with van der Waals surface area (Å²) in [6, 6.07) is 9.92. The number of benzene rings is 1. The Morgan fingerprint density at radius 1 is 1.16 bits per heavy atom. The van der Waals surface area contributed by atoms with Crippen molar-refractivity contribution in [2.24, 2.45) is 0 Å². The zero-order valence-electron chi connectivity index (χ0n) is 17.7. The Morgan fingerprint density at radius 3 is 2.68 bits per heavy atom. The molecule has 2 aliphatic heterocycles. The van der Waals surface area contributed by atoms with Crippen LogP contribution in [0.5, 0.6) is 11.5 Å². The minimum Gasteiger partial charge on any atom is -0.497 e. The number of ether oxygens (including phenoxy) is 3. The molecule has 166 valence electrons. The van der Waals surface area contributed by atoms with E-state index in [0.29, 0.717) is 18.9 Å². The van der Waals surface area contributed by atoms with Crippen molar-refractivity contribution in [2.45, 2.75) is 31.5 Å². The Morgan fingerprint density at radius 2 is 1.94 bits per heavy atom. The minimum atomic E-state index is -0.299. The van der Waals surface area contributed by atoms with Crippen LogP contribution in [0.25, 0.3) is 0 Å². The molecule has 4 rings (SSSR count). The summed E-state index contributed by atoms with van der Waals surface area (Å²) in [5, 5.41) is 0. The van der Waals surface area contributed by atoms with E-state index in [2.05, 4.69) is 9.88 Å². The van der Waals surface area contributed by atoms with Gasteiger partial charge in [-0.15, -0.1) is 0 Å². The number of methoxy groups -OCH3 is 1. The maximum absolute atomic E-state index is 13.0. The first-order valence-corrected chi connectivity index (χ1v) is 10.6. The van der Waals surface area contributed by atoms with Crippen LogP contribution in [0.15, 0.2) is 42.6 Å². The molecule has 8 heteroatoms. The van der Waals surface area contributed by atoms with Crippen LogP contribution in [0.2, 0.25) is 0 Å². The number of piperidine rings is 1. The Hall–Kier alpha value is -2.71. The summed E-state index contributed by atoms with van der Waals surface area (Å²) in [6.45, 7) is 3.51. The lowest BCUT2D eigenvalue weighted by Crippen LogP contribution is -2.55. The molecule has 2 aliphatic rings. The third kappa shape index (κ3) is 5.71. The van der Waals surface area contributed by atoms with E-state index in [0.717, 1.165) is 43.9 Å². The van der Waals surface area contributed by atoms with Gasteiger partial charge in [0, 0.05) is 37.9 Å². The van der Waals surface area contributed by atoms with Gasteiger partial charge in [0.05, 0.1) is 19.3 Å². The first-order valence-electron chi connectivity index (χ1n) is 10.6. The van der Waals surface area contributed by atoms with Crippen LogP contribution in [0.4, 0.5) is 4.39 Å². The average Bonchev–Trinajstić information content (AvgIpc) is 2.80. The first-order chi connectivity index (χ1) is 15.1. The van der Waals surface area contributed by atoms with Crippen LogP contribution >= 0.6 is 0 Å². The number of likely N-dealkylation sites (tertiary alicyclic amines) is 1. The van der Waals surface area contributed by atoms with Crippen molar-refractivity contribution in [1.82, 2.24) is 14.8 Å². The van der Waals surface area contributed by atoms with Crippen LogP contribution in [-0.2, 0) is 16.1 Å². The highest BCUT2D eigenvalue weighted by Crippen LogP contribution is 2.22. The van der Waals surface area contributed by atoms with Gasteiger partial charge in [0.1, 0.15) is 36.6 Å². The first kappa shape index (κ1) is 21.5. The molecule has 2 saturated heterocycles. The van der Waals surface area contributed by atoms with E-state index in [1.165, 1.54) is 12.1 Å². The number of hydrogen-bond acceptors (Lipinski definition) is 6. The fraction of sp³-hybridized carbons (Fsp3) is 0.478. The summed E-state index contributed by atoms with van der Waals surface area (Å²) in [6.07, 6.45) is 3.41. The molecule has 1 atom stereocenters.